The van der Waals surface area contributed by atoms with Crippen molar-refractivity contribution in [2.75, 3.05) is 12.8 Å². The third kappa shape index (κ3) is 5.52. The highest BCUT2D eigenvalue weighted by Crippen LogP contribution is 2.19. The fraction of sp³-hybridized carbons (Fsp3) is 1.00. The van der Waals surface area contributed by atoms with Gasteiger partial charge in [-0.15, -0.1) is 0 Å². The lowest BCUT2D eigenvalue weighted by atomic mass is 9.99. The van der Waals surface area contributed by atoms with Gasteiger partial charge < -0.3 is 5.32 Å². The van der Waals surface area contributed by atoms with E-state index in [2.05, 4.69) is 19.2 Å². The fourth-order valence-corrected chi connectivity index (χ4v) is 3.32. The molecule has 1 N–H and O–H groups in total. The third-order valence-corrected chi connectivity index (χ3v) is 4.50. The second kappa shape index (κ2) is 6.48. The minimum Gasteiger partial charge on any atom is -0.313 e. The number of nitrogens with one attached hydrogen (secondary N) is 1. The Kier molecular flexibility index (Phi) is 6.44. The largest absolute Gasteiger partial charge is 0.313 e. The smallest absolute Gasteiger partial charge is 0.151 e. The molecule has 0 amide bonds. The molecule has 1 unspecified atom stereocenters. The van der Waals surface area contributed by atoms with Crippen LogP contribution < -0.4 is 5.32 Å². The van der Waals surface area contributed by atoms with Crippen molar-refractivity contribution in [1.29, 1.82) is 0 Å². The summed E-state index contributed by atoms with van der Waals surface area (Å²) in [6.45, 7) is 8.75. The standard InChI is InChI=1S/C11H25NO2S/c1-6-10(7-2)11(15(5,13)14)8-12-9(3)4/h9-12H,6-8H2,1-5H3. The van der Waals surface area contributed by atoms with Gasteiger partial charge in [-0.2, -0.15) is 0 Å². The molecule has 0 radical (unpaired) electrons. The van der Waals surface area contributed by atoms with E-state index in [9.17, 15) is 8.42 Å². The topological polar surface area (TPSA) is 46.2 Å². The van der Waals surface area contributed by atoms with Gasteiger partial charge >= 0.3 is 0 Å². The van der Waals surface area contributed by atoms with Crippen LogP contribution in [0.1, 0.15) is 40.5 Å². The molecule has 0 saturated carbocycles. The van der Waals surface area contributed by atoms with E-state index >= 15 is 0 Å². The van der Waals surface area contributed by atoms with Crippen molar-refractivity contribution in [3.05, 3.63) is 0 Å². The molecule has 0 aliphatic rings. The molecule has 1 atom stereocenters. The molecular formula is C11H25NO2S. The predicted molar refractivity (Wildman–Crippen MR) is 65.8 cm³/mol. The Morgan fingerprint density at radius 3 is 1.87 bits per heavy atom. The van der Waals surface area contributed by atoms with Crippen LogP contribution in [-0.4, -0.2) is 32.5 Å². The summed E-state index contributed by atoms with van der Waals surface area (Å²) >= 11 is 0. The molecule has 0 bridgehead atoms. The highest BCUT2D eigenvalue weighted by atomic mass is 32.2. The molecule has 4 heteroatoms. The molecule has 0 rings (SSSR count). The minimum atomic E-state index is -2.95. The van der Waals surface area contributed by atoms with Crippen LogP contribution in [-0.2, 0) is 9.84 Å². The van der Waals surface area contributed by atoms with E-state index in [0.29, 0.717) is 12.6 Å². The van der Waals surface area contributed by atoms with Crippen molar-refractivity contribution < 1.29 is 8.42 Å². The summed E-state index contributed by atoms with van der Waals surface area (Å²) in [5, 5.41) is 2.98. The minimum absolute atomic E-state index is 0.241. The Bertz CT molecular complexity index is 256. The van der Waals surface area contributed by atoms with E-state index in [0.717, 1.165) is 12.8 Å². The summed E-state index contributed by atoms with van der Waals surface area (Å²) in [5.74, 6) is 0.270. The molecule has 0 aliphatic carbocycles. The number of rotatable bonds is 7. The van der Waals surface area contributed by atoms with Crippen LogP contribution in [0, 0.1) is 5.92 Å². The van der Waals surface area contributed by atoms with Crippen LogP contribution in [0.2, 0.25) is 0 Å². The van der Waals surface area contributed by atoms with Gasteiger partial charge in [0.25, 0.3) is 0 Å². The van der Waals surface area contributed by atoms with Gasteiger partial charge in [0.2, 0.25) is 0 Å². The van der Waals surface area contributed by atoms with Crippen molar-refractivity contribution in [3.8, 4) is 0 Å². The van der Waals surface area contributed by atoms with Gasteiger partial charge in [0.05, 0.1) is 5.25 Å². The van der Waals surface area contributed by atoms with Gasteiger partial charge in [0, 0.05) is 18.8 Å². The van der Waals surface area contributed by atoms with Gasteiger partial charge in [-0.25, -0.2) is 8.42 Å². The average molecular weight is 235 g/mol. The lowest BCUT2D eigenvalue weighted by molar-refractivity contribution is 0.420. The van der Waals surface area contributed by atoms with Gasteiger partial charge in [-0.05, 0) is 5.92 Å². The van der Waals surface area contributed by atoms with Crippen LogP contribution in [0.3, 0.4) is 0 Å². The van der Waals surface area contributed by atoms with Crippen LogP contribution in [0.15, 0.2) is 0 Å². The quantitative estimate of drug-likeness (QED) is 0.732. The van der Waals surface area contributed by atoms with E-state index in [4.69, 9.17) is 0 Å². The van der Waals surface area contributed by atoms with Crippen LogP contribution >= 0.6 is 0 Å². The van der Waals surface area contributed by atoms with Crippen LogP contribution in [0.5, 0.6) is 0 Å². The molecule has 0 spiro atoms. The van der Waals surface area contributed by atoms with E-state index in [1.165, 1.54) is 6.26 Å². The first kappa shape index (κ1) is 14.9. The van der Waals surface area contributed by atoms with E-state index < -0.39 is 9.84 Å². The zero-order chi connectivity index (χ0) is 12.1. The van der Waals surface area contributed by atoms with E-state index in [-0.39, 0.29) is 11.2 Å². The lowest BCUT2D eigenvalue weighted by Crippen LogP contribution is -2.40. The monoisotopic (exact) mass is 235 g/mol. The van der Waals surface area contributed by atoms with E-state index in [1.807, 2.05) is 13.8 Å². The maximum atomic E-state index is 11.7. The Morgan fingerprint density at radius 1 is 1.13 bits per heavy atom. The molecule has 0 heterocycles. The Morgan fingerprint density at radius 2 is 1.60 bits per heavy atom. The zero-order valence-corrected chi connectivity index (χ0v) is 11.4. The van der Waals surface area contributed by atoms with Crippen molar-refractivity contribution >= 4 is 9.84 Å². The van der Waals surface area contributed by atoms with Gasteiger partial charge in [0.1, 0.15) is 0 Å². The van der Waals surface area contributed by atoms with Crippen molar-refractivity contribution in [2.45, 2.75) is 51.8 Å². The average Bonchev–Trinajstić information content (AvgIpc) is 2.09. The van der Waals surface area contributed by atoms with Crippen molar-refractivity contribution in [1.82, 2.24) is 5.32 Å². The maximum absolute atomic E-state index is 11.7. The van der Waals surface area contributed by atoms with Gasteiger partial charge in [-0.3, -0.25) is 0 Å². The summed E-state index contributed by atoms with van der Waals surface area (Å²) in [6.07, 6.45) is 3.19. The first-order valence-electron chi connectivity index (χ1n) is 5.75. The van der Waals surface area contributed by atoms with Crippen LogP contribution in [0.25, 0.3) is 0 Å². The van der Waals surface area contributed by atoms with Gasteiger partial charge in [0.15, 0.2) is 9.84 Å². The SMILES string of the molecule is CCC(CC)C(CNC(C)C)S(C)(=O)=O. The summed E-state index contributed by atoms with van der Waals surface area (Å²) in [5.41, 5.74) is 0. The second-order valence-electron chi connectivity index (χ2n) is 4.51. The highest BCUT2D eigenvalue weighted by Gasteiger charge is 2.27. The number of hydrogen-bond acceptors (Lipinski definition) is 3. The molecule has 0 aromatic heterocycles. The number of sulfone groups is 1. The first-order chi connectivity index (χ1) is 6.82. The lowest BCUT2D eigenvalue weighted by Gasteiger charge is -2.25. The highest BCUT2D eigenvalue weighted by molar-refractivity contribution is 7.91. The summed E-state index contributed by atoms with van der Waals surface area (Å²) in [6, 6.07) is 0.337. The normalized spacial score (nSPS) is 14.9. The van der Waals surface area contributed by atoms with Gasteiger partial charge in [-0.1, -0.05) is 40.5 Å². The summed E-state index contributed by atoms with van der Waals surface area (Å²) in [4.78, 5) is 0. The molecule has 92 valence electrons. The fourth-order valence-electron chi connectivity index (χ4n) is 1.83. The predicted octanol–water partition coefficient (Wildman–Crippen LogP) is 1.83. The van der Waals surface area contributed by atoms with Crippen LogP contribution in [0.4, 0.5) is 0 Å². The maximum Gasteiger partial charge on any atom is 0.151 e. The molecule has 0 fully saturated rings. The molecule has 0 aliphatic heterocycles. The molecule has 0 saturated heterocycles. The molecular weight excluding hydrogens is 210 g/mol. The molecule has 3 nitrogen and oxygen atoms in total. The zero-order valence-electron chi connectivity index (χ0n) is 10.6. The first-order valence-corrected chi connectivity index (χ1v) is 7.70. The Labute approximate surface area is 94.6 Å². The molecule has 15 heavy (non-hydrogen) atoms. The number of hydrogen-bond donors (Lipinski definition) is 1. The van der Waals surface area contributed by atoms with E-state index in [1.54, 1.807) is 0 Å². The second-order valence-corrected chi connectivity index (χ2v) is 6.77. The summed E-state index contributed by atoms with van der Waals surface area (Å²) < 4.78 is 23.3. The molecule has 0 aromatic rings. The molecule has 0 aromatic carbocycles. The van der Waals surface area contributed by atoms with Crippen molar-refractivity contribution in [3.63, 3.8) is 0 Å². The Hall–Kier alpha value is -0.0900. The van der Waals surface area contributed by atoms with Crippen molar-refractivity contribution in [2.24, 2.45) is 5.92 Å². The third-order valence-electron chi connectivity index (χ3n) is 2.85. The Balaban J connectivity index is 4.59. The summed E-state index contributed by atoms with van der Waals surface area (Å²) in [7, 11) is -2.95.